The van der Waals surface area contributed by atoms with Gasteiger partial charge < -0.3 is 4.74 Å². The number of allylic oxidation sites excluding steroid dienone is 1. The molecule has 2 rings (SSSR count). The van der Waals surface area contributed by atoms with Crippen molar-refractivity contribution in [3.8, 4) is 0 Å². The third-order valence-corrected chi connectivity index (χ3v) is 5.04. The normalized spacial score (nSPS) is 41.4. The van der Waals surface area contributed by atoms with Crippen molar-refractivity contribution in [2.75, 3.05) is 6.61 Å². The Balaban J connectivity index is 2.22. The first-order chi connectivity index (χ1) is 7.94. The van der Waals surface area contributed by atoms with Crippen molar-refractivity contribution in [2.45, 2.75) is 71.8 Å². The molecule has 1 heteroatoms. The summed E-state index contributed by atoms with van der Waals surface area (Å²) < 4.78 is 6.29. The topological polar surface area (TPSA) is 9.23 Å². The molecular formula is C16H28O. The van der Waals surface area contributed by atoms with Crippen LogP contribution in [-0.2, 0) is 4.74 Å². The fraction of sp³-hybridized carbons (Fsp3) is 0.875. The van der Waals surface area contributed by atoms with Crippen LogP contribution in [0, 0.1) is 11.3 Å². The van der Waals surface area contributed by atoms with Crippen LogP contribution in [0.15, 0.2) is 11.6 Å². The molecule has 0 spiro atoms. The number of fused-ring (bicyclic) bond motifs is 1. The van der Waals surface area contributed by atoms with Crippen LogP contribution in [0.3, 0.4) is 0 Å². The van der Waals surface area contributed by atoms with Crippen LogP contribution < -0.4 is 0 Å². The summed E-state index contributed by atoms with van der Waals surface area (Å²) in [4.78, 5) is 0. The average molecular weight is 236 g/mol. The van der Waals surface area contributed by atoms with E-state index in [0.717, 1.165) is 13.0 Å². The zero-order chi connectivity index (χ0) is 12.5. The highest BCUT2D eigenvalue weighted by atomic mass is 16.5. The van der Waals surface area contributed by atoms with Crippen LogP contribution in [0.2, 0.25) is 0 Å². The van der Waals surface area contributed by atoms with Gasteiger partial charge >= 0.3 is 0 Å². The number of ether oxygens (including phenoxy) is 1. The van der Waals surface area contributed by atoms with Gasteiger partial charge in [-0.3, -0.25) is 0 Å². The second-order valence-electron chi connectivity index (χ2n) is 6.93. The first-order valence-corrected chi connectivity index (χ1v) is 7.24. The van der Waals surface area contributed by atoms with E-state index in [9.17, 15) is 0 Å². The summed E-state index contributed by atoms with van der Waals surface area (Å²) in [6.45, 7) is 10.4. The molecule has 17 heavy (non-hydrogen) atoms. The van der Waals surface area contributed by atoms with Crippen LogP contribution in [-0.4, -0.2) is 12.2 Å². The predicted octanol–water partition coefficient (Wildman–Crippen LogP) is 4.72. The van der Waals surface area contributed by atoms with E-state index >= 15 is 0 Å². The Hall–Kier alpha value is -0.300. The molecule has 0 aromatic rings. The highest BCUT2D eigenvalue weighted by Gasteiger charge is 2.46. The SMILES string of the molecule is C/C1=C/CCO[C@@]2(C)CCCC(C)(C)[C@@H]2CC1. The summed E-state index contributed by atoms with van der Waals surface area (Å²) in [5.41, 5.74) is 2.12. The molecule has 1 aliphatic carbocycles. The molecule has 1 fully saturated rings. The highest BCUT2D eigenvalue weighted by Crippen LogP contribution is 2.50. The molecule has 1 aliphatic heterocycles. The minimum absolute atomic E-state index is 0.125. The van der Waals surface area contributed by atoms with Gasteiger partial charge in [0.1, 0.15) is 0 Å². The van der Waals surface area contributed by atoms with Gasteiger partial charge in [-0.2, -0.15) is 0 Å². The van der Waals surface area contributed by atoms with E-state index in [1.807, 2.05) is 0 Å². The van der Waals surface area contributed by atoms with Crippen molar-refractivity contribution in [1.29, 1.82) is 0 Å². The molecule has 0 amide bonds. The van der Waals surface area contributed by atoms with E-state index in [0.29, 0.717) is 11.3 Å². The van der Waals surface area contributed by atoms with E-state index in [2.05, 4.69) is 33.8 Å². The minimum Gasteiger partial charge on any atom is -0.375 e. The molecule has 1 heterocycles. The van der Waals surface area contributed by atoms with E-state index in [-0.39, 0.29) is 5.60 Å². The molecule has 0 unspecified atom stereocenters. The van der Waals surface area contributed by atoms with Gasteiger partial charge in [-0.25, -0.2) is 0 Å². The molecule has 1 saturated carbocycles. The van der Waals surface area contributed by atoms with E-state index in [4.69, 9.17) is 4.74 Å². The van der Waals surface area contributed by atoms with Gasteiger partial charge in [0.05, 0.1) is 12.2 Å². The fourth-order valence-corrected chi connectivity index (χ4v) is 4.01. The lowest BCUT2D eigenvalue weighted by molar-refractivity contribution is -0.135. The van der Waals surface area contributed by atoms with Crippen molar-refractivity contribution in [3.05, 3.63) is 11.6 Å². The first-order valence-electron chi connectivity index (χ1n) is 7.24. The summed E-state index contributed by atoms with van der Waals surface area (Å²) in [7, 11) is 0. The lowest BCUT2D eigenvalue weighted by Gasteiger charge is -2.50. The van der Waals surface area contributed by atoms with Crippen LogP contribution in [0.5, 0.6) is 0 Å². The third kappa shape index (κ3) is 2.76. The maximum Gasteiger partial charge on any atom is 0.0687 e. The third-order valence-electron chi connectivity index (χ3n) is 5.04. The van der Waals surface area contributed by atoms with Gasteiger partial charge in [-0.1, -0.05) is 31.9 Å². The minimum atomic E-state index is 0.125. The summed E-state index contributed by atoms with van der Waals surface area (Å²) in [5, 5.41) is 0. The molecule has 2 atom stereocenters. The Morgan fingerprint density at radius 1 is 1.24 bits per heavy atom. The zero-order valence-electron chi connectivity index (χ0n) is 12.0. The largest absolute Gasteiger partial charge is 0.375 e. The molecule has 0 aromatic heterocycles. The van der Waals surface area contributed by atoms with E-state index in [1.165, 1.54) is 32.1 Å². The van der Waals surface area contributed by atoms with Crippen molar-refractivity contribution < 1.29 is 4.74 Å². The zero-order valence-corrected chi connectivity index (χ0v) is 12.0. The Morgan fingerprint density at radius 2 is 2.00 bits per heavy atom. The van der Waals surface area contributed by atoms with E-state index < -0.39 is 0 Å². The second kappa shape index (κ2) is 4.76. The van der Waals surface area contributed by atoms with Crippen LogP contribution >= 0.6 is 0 Å². The Morgan fingerprint density at radius 3 is 2.76 bits per heavy atom. The maximum absolute atomic E-state index is 6.29. The van der Waals surface area contributed by atoms with Gasteiger partial charge in [-0.15, -0.1) is 0 Å². The molecular weight excluding hydrogens is 208 g/mol. The van der Waals surface area contributed by atoms with Crippen LogP contribution in [0.25, 0.3) is 0 Å². The summed E-state index contributed by atoms with van der Waals surface area (Å²) in [6, 6.07) is 0. The van der Waals surface area contributed by atoms with Gasteiger partial charge in [-0.05, 0) is 57.3 Å². The number of rotatable bonds is 0. The Labute approximate surface area is 107 Å². The standard InChI is InChI=1S/C16H28O/c1-13-7-5-12-17-16(4)11-6-10-15(2,3)14(16)9-8-13/h7,14H,5-6,8-12H2,1-4H3/b13-7-/t14-,16-/m0/s1. The Bertz CT molecular complexity index is 303. The molecule has 2 aliphatic rings. The van der Waals surface area contributed by atoms with Gasteiger partial charge in [0.25, 0.3) is 0 Å². The highest BCUT2D eigenvalue weighted by molar-refractivity contribution is 5.04. The number of hydrogen-bond acceptors (Lipinski definition) is 1. The fourth-order valence-electron chi connectivity index (χ4n) is 4.01. The summed E-state index contributed by atoms with van der Waals surface area (Å²) >= 11 is 0. The van der Waals surface area contributed by atoms with Gasteiger partial charge in [0.2, 0.25) is 0 Å². The van der Waals surface area contributed by atoms with Crippen molar-refractivity contribution in [2.24, 2.45) is 11.3 Å². The molecule has 0 radical (unpaired) electrons. The summed E-state index contributed by atoms with van der Waals surface area (Å²) in [6.07, 6.45) is 9.95. The van der Waals surface area contributed by atoms with Crippen molar-refractivity contribution in [3.63, 3.8) is 0 Å². The lowest BCUT2D eigenvalue weighted by atomic mass is 9.60. The second-order valence-corrected chi connectivity index (χ2v) is 6.93. The molecule has 0 saturated heterocycles. The quantitative estimate of drug-likeness (QED) is 0.553. The first kappa shape index (κ1) is 13.1. The maximum atomic E-state index is 6.29. The Kier molecular flexibility index (Phi) is 3.68. The van der Waals surface area contributed by atoms with Crippen LogP contribution in [0.1, 0.15) is 66.2 Å². The molecule has 98 valence electrons. The smallest absolute Gasteiger partial charge is 0.0687 e. The molecule has 0 bridgehead atoms. The average Bonchev–Trinajstić information content (AvgIpc) is 2.29. The van der Waals surface area contributed by atoms with Crippen molar-refractivity contribution in [1.82, 2.24) is 0 Å². The predicted molar refractivity (Wildman–Crippen MR) is 73.1 cm³/mol. The lowest BCUT2D eigenvalue weighted by Crippen LogP contribution is -2.48. The van der Waals surface area contributed by atoms with E-state index in [1.54, 1.807) is 5.57 Å². The monoisotopic (exact) mass is 236 g/mol. The molecule has 0 aromatic carbocycles. The van der Waals surface area contributed by atoms with Crippen LogP contribution in [0.4, 0.5) is 0 Å². The van der Waals surface area contributed by atoms with Gasteiger partial charge in [0.15, 0.2) is 0 Å². The summed E-state index contributed by atoms with van der Waals surface area (Å²) in [5.74, 6) is 0.713. The molecule has 1 nitrogen and oxygen atoms in total. The van der Waals surface area contributed by atoms with Gasteiger partial charge in [0, 0.05) is 0 Å². The number of hydrogen-bond donors (Lipinski definition) is 0. The van der Waals surface area contributed by atoms with Crippen molar-refractivity contribution >= 4 is 0 Å². The molecule has 0 N–H and O–H groups in total.